The Morgan fingerprint density at radius 3 is 2.45 bits per heavy atom. The highest BCUT2D eigenvalue weighted by atomic mass is 127. The topological polar surface area (TPSA) is 12.0 Å². The zero-order valence-corrected chi connectivity index (χ0v) is 15.1. The van der Waals surface area contributed by atoms with Crippen molar-refractivity contribution < 1.29 is 0 Å². The van der Waals surface area contributed by atoms with Crippen LogP contribution in [0.15, 0.2) is 36.4 Å². The smallest absolute Gasteiger partial charge is 0.0455 e. The largest absolute Gasteiger partial charge is 0.309 e. The number of nitrogens with one attached hydrogen (secondary N) is 1. The molecule has 1 N–H and O–H groups in total. The summed E-state index contributed by atoms with van der Waals surface area (Å²) in [5.74, 6) is 0. The fourth-order valence-electron chi connectivity index (χ4n) is 2.22. The third-order valence-electron chi connectivity index (χ3n) is 3.37. The molecule has 0 radical (unpaired) electrons. The van der Waals surface area contributed by atoms with E-state index in [2.05, 4.69) is 78.2 Å². The maximum atomic E-state index is 3.69. The Morgan fingerprint density at radius 1 is 1.10 bits per heavy atom. The number of aryl methyl sites for hydroxylation is 1. The average molecular weight is 399 g/mol. The highest BCUT2D eigenvalue weighted by Gasteiger charge is 2.13. The lowest BCUT2D eigenvalue weighted by Gasteiger charge is -2.17. The summed E-state index contributed by atoms with van der Waals surface area (Å²) in [4.78, 5) is 2.94. The molecule has 0 saturated heterocycles. The van der Waals surface area contributed by atoms with Crippen LogP contribution in [0, 0.1) is 3.57 Å². The molecule has 0 fully saturated rings. The van der Waals surface area contributed by atoms with Crippen molar-refractivity contribution in [1.29, 1.82) is 0 Å². The molecule has 2 rings (SSSR count). The van der Waals surface area contributed by atoms with Crippen LogP contribution in [-0.4, -0.2) is 6.54 Å². The molecule has 1 atom stereocenters. The summed E-state index contributed by atoms with van der Waals surface area (Å²) >= 11 is 4.31. The van der Waals surface area contributed by atoms with Crippen LogP contribution in [-0.2, 0) is 12.8 Å². The van der Waals surface area contributed by atoms with Gasteiger partial charge in [-0.2, -0.15) is 0 Å². The second-order valence-electron chi connectivity index (χ2n) is 4.99. The number of halogens is 1. The molecule has 1 unspecified atom stereocenters. The molecule has 0 bridgehead atoms. The van der Waals surface area contributed by atoms with E-state index in [4.69, 9.17) is 0 Å². The summed E-state index contributed by atoms with van der Waals surface area (Å²) in [7, 11) is 0. The van der Waals surface area contributed by atoms with Gasteiger partial charge in [0.15, 0.2) is 0 Å². The Labute approximate surface area is 139 Å². The van der Waals surface area contributed by atoms with Crippen molar-refractivity contribution >= 4 is 33.9 Å². The molecule has 0 amide bonds. The van der Waals surface area contributed by atoms with Crippen molar-refractivity contribution in [3.63, 3.8) is 0 Å². The number of hydrogen-bond donors (Lipinski definition) is 1. The Hall–Kier alpha value is -0.390. The van der Waals surface area contributed by atoms with E-state index in [1.807, 2.05) is 11.3 Å². The van der Waals surface area contributed by atoms with Crippen LogP contribution in [0.25, 0.3) is 0 Å². The van der Waals surface area contributed by atoms with Crippen molar-refractivity contribution in [3.8, 4) is 0 Å². The molecule has 1 aromatic heterocycles. The highest BCUT2D eigenvalue weighted by Crippen LogP contribution is 2.26. The lowest BCUT2D eigenvalue weighted by atomic mass is 10.0. The summed E-state index contributed by atoms with van der Waals surface area (Å²) in [6.07, 6.45) is 3.38. The minimum atomic E-state index is 0.445. The SMILES string of the molecule is CCCNC(Cc1ccc(I)cc1)c1ccc(CC)s1. The molecular weight excluding hydrogens is 377 g/mol. The Kier molecular flexibility index (Phi) is 6.52. The number of thiophene rings is 1. The Bertz CT molecular complexity index is 518. The van der Waals surface area contributed by atoms with Gasteiger partial charge in [-0.25, -0.2) is 0 Å². The molecule has 1 aromatic carbocycles. The third kappa shape index (κ3) is 4.57. The van der Waals surface area contributed by atoms with Gasteiger partial charge in [0.1, 0.15) is 0 Å². The number of benzene rings is 1. The lowest BCUT2D eigenvalue weighted by molar-refractivity contribution is 0.536. The van der Waals surface area contributed by atoms with Gasteiger partial charge in [0.2, 0.25) is 0 Å². The first-order valence-electron chi connectivity index (χ1n) is 7.29. The van der Waals surface area contributed by atoms with Gasteiger partial charge in [-0.05, 0) is 78.2 Å². The first-order chi connectivity index (χ1) is 9.72. The van der Waals surface area contributed by atoms with Gasteiger partial charge >= 0.3 is 0 Å². The Balaban J connectivity index is 2.12. The van der Waals surface area contributed by atoms with Crippen LogP contribution >= 0.6 is 33.9 Å². The van der Waals surface area contributed by atoms with Crippen LogP contribution in [0.4, 0.5) is 0 Å². The van der Waals surface area contributed by atoms with E-state index in [1.54, 1.807) is 0 Å². The molecule has 1 nitrogen and oxygen atoms in total. The summed E-state index contributed by atoms with van der Waals surface area (Å²) in [6.45, 7) is 5.53. The van der Waals surface area contributed by atoms with Crippen LogP contribution in [0.5, 0.6) is 0 Å². The predicted molar refractivity (Wildman–Crippen MR) is 97.6 cm³/mol. The van der Waals surface area contributed by atoms with Gasteiger partial charge in [-0.3, -0.25) is 0 Å². The van der Waals surface area contributed by atoms with E-state index < -0.39 is 0 Å². The monoisotopic (exact) mass is 399 g/mol. The van der Waals surface area contributed by atoms with Crippen molar-refractivity contribution in [2.75, 3.05) is 6.54 Å². The first kappa shape index (κ1) is 16.0. The predicted octanol–water partition coefficient (Wildman–Crippen LogP) is 5.20. The molecule has 2 aromatic rings. The maximum absolute atomic E-state index is 3.69. The highest BCUT2D eigenvalue weighted by molar-refractivity contribution is 14.1. The number of rotatable bonds is 7. The summed E-state index contributed by atoms with van der Waals surface area (Å²) in [5.41, 5.74) is 1.41. The zero-order chi connectivity index (χ0) is 14.4. The molecule has 20 heavy (non-hydrogen) atoms. The lowest BCUT2D eigenvalue weighted by Crippen LogP contribution is -2.23. The fraction of sp³-hybridized carbons (Fsp3) is 0.412. The molecule has 0 saturated carbocycles. The standard InChI is InChI=1S/C17H22INS/c1-3-11-19-16(17-10-9-15(4-2)20-17)12-13-5-7-14(18)8-6-13/h5-10,16,19H,3-4,11-12H2,1-2H3. The molecule has 0 aliphatic rings. The fourth-order valence-corrected chi connectivity index (χ4v) is 3.61. The van der Waals surface area contributed by atoms with E-state index in [0.717, 1.165) is 19.4 Å². The van der Waals surface area contributed by atoms with Gasteiger partial charge in [-0.1, -0.05) is 26.0 Å². The summed E-state index contributed by atoms with van der Waals surface area (Å²) in [5, 5.41) is 3.69. The van der Waals surface area contributed by atoms with Gasteiger partial charge in [0.05, 0.1) is 0 Å². The van der Waals surface area contributed by atoms with E-state index in [0.29, 0.717) is 6.04 Å². The molecule has 0 aliphatic heterocycles. The van der Waals surface area contributed by atoms with E-state index in [-0.39, 0.29) is 0 Å². The molecular formula is C17H22INS. The van der Waals surface area contributed by atoms with E-state index >= 15 is 0 Å². The van der Waals surface area contributed by atoms with Gasteiger partial charge in [0, 0.05) is 19.4 Å². The van der Waals surface area contributed by atoms with Crippen LogP contribution in [0.2, 0.25) is 0 Å². The molecule has 0 aliphatic carbocycles. The van der Waals surface area contributed by atoms with Crippen LogP contribution < -0.4 is 5.32 Å². The van der Waals surface area contributed by atoms with Gasteiger partial charge < -0.3 is 5.32 Å². The van der Waals surface area contributed by atoms with E-state index in [9.17, 15) is 0 Å². The van der Waals surface area contributed by atoms with Crippen LogP contribution in [0.3, 0.4) is 0 Å². The average Bonchev–Trinajstić information content (AvgIpc) is 2.94. The van der Waals surface area contributed by atoms with E-state index in [1.165, 1.54) is 25.3 Å². The van der Waals surface area contributed by atoms with Gasteiger partial charge in [0.25, 0.3) is 0 Å². The van der Waals surface area contributed by atoms with Crippen molar-refractivity contribution in [2.24, 2.45) is 0 Å². The minimum Gasteiger partial charge on any atom is -0.309 e. The minimum absolute atomic E-state index is 0.445. The van der Waals surface area contributed by atoms with Crippen LogP contribution in [0.1, 0.15) is 41.6 Å². The first-order valence-corrected chi connectivity index (χ1v) is 9.18. The van der Waals surface area contributed by atoms with Crippen molar-refractivity contribution in [2.45, 2.75) is 39.2 Å². The quantitative estimate of drug-likeness (QED) is 0.632. The molecule has 3 heteroatoms. The maximum Gasteiger partial charge on any atom is 0.0455 e. The molecule has 108 valence electrons. The van der Waals surface area contributed by atoms with Gasteiger partial charge in [-0.15, -0.1) is 11.3 Å². The van der Waals surface area contributed by atoms with Crippen molar-refractivity contribution in [3.05, 3.63) is 55.3 Å². The Morgan fingerprint density at radius 2 is 1.85 bits per heavy atom. The summed E-state index contributed by atoms with van der Waals surface area (Å²) < 4.78 is 1.30. The molecule has 1 heterocycles. The second kappa shape index (κ2) is 8.15. The zero-order valence-electron chi connectivity index (χ0n) is 12.2. The number of hydrogen-bond acceptors (Lipinski definition) is 2. The molecule has 0 spiro atoms. The second-order valence-corrected chi connectivity index (χ2v) is 7.44. The third-order valence-corrected chi connectivity index (χ3v) is 5.43. The van der Waals surface area contributed by atoms with Crippen molar-refractivity contribution in [1.82, 2.24) is 5.32 Å². The summed E-state index contributed by atoms with van der Waals surface area (Å²) in [6, 6.07) is 13.9. The normalized spacial score (nSPS) is 12.6.